The van der Waals surface area contributed by atoms with E-state index < -0.39 is 0 Å². The summed E-state index contributed by atoms with van der Waals surface area (Å²) in [6, 6.07) is 14.4. The molecule has 1 unspecified atom stereocenters. The van der Waals surface area contributed by atoms with Gasteiger partial charge in [0.15, 0.2) is 0 Å². The highest BCUT2D eigenvalue weighted by molar-refractivity contribution is 5.83. The molecule has 1 atom stereocenters. The van der Waals surface area contributed by atoms with E-state index in [0.717, 1.165) is 5.56 Å². The Morgan fingerprint density at radius 2 is 1.79 bits per heavy atom. The summed E-state index contributed by atoms with van der Waals surface area (Å²) in [5.41, 5.74) is 1.10. The maximum Gasteiger partial charge on any atom is 0.246 e. The van der Waals surface area contributed by atoms with Crippen molar-refractivity contribution in [3.8, 4) is 0 Å². The zero-order chi connectivity index (χ0) is 9.97. The van der Waals surface area contributed by atoms with Crippen molar-refractivity contribution >= 4 is 10.8 Å². The van der Waals surface area contributed by atoms with Crippen molar-refractivity contribution in [1.82, 2.24) is 0 Å². The molecule has 0 aliphatic rings. The van der Waals surface area contributed by atoms with Gasteiger partial charge in [0.05, 0.1) is 0 Å². The Bertz CT molecular complexity index is 494. The Morgan fingerprint density at radius 3 is 2.50 bits per heavy atom. The minimum absolute atomic E-state index is 0.0420. The van der Waals surface area contributed by atoms with Crippen molar-refractivity contribution in [2.45, 2.75) is 13.0 Å². The molecule has 0 fully saturated rings. The molecule has 0 aliphatic heterocycles. The summed E-state index contributed by atoms with van der Waals surface area (Å²) >= 11 is 0. The second-order valence-corrected chi connectivity index (χ2v) is 3.41. The second-order valence-electron chi connectivity index (χ2n) is 3.41. The summed E-state index contributed by atoms with van der Waals surface area (Å²) in [6.07, 6.45) is 0. The molecule has 0 radical (unpaired) electrons. The SMILES string of the molecule is [C-]#[N+]C(C)c1ccc2ccccc2c1. The van der Waals surface area contributed by atoms with E-state index in [4.69, 9.17) is 6.57 Å². The molecule has 0 saturated carbocycles. The Kier molecular flexibility index (Phi) is 2.20. The van der Waals surface area contributed by atoms with Crippen LogP contribution in [0.4, 0.5) is 0 Å². The number of hydrogen-bond acceptors (Lipinski definition) is 0. The summed E-state index contributed by atoms with van der Waals surface area (Å²) in [5, 5.41) is 2.44. The first kappa shape index (κ1) is 8.77. The van der Waals surface area contributed by atoms with Gasteiger partial charge in [-0.2, -0.15) is 0 Å². The summed E-state index contributed by atoms with van der Waals surface area (Å²) in [6.45, 7) is 8.91. The third kappa shape index (κ3) is 1.47. The standard InChI is InChI=1S/C13H11N/c1-10(14-2)12-8-7-11-5-3-4-6-13(11)9-12/h3-10H,1H3. The lowest BCUT2D eigenvalue weighted by Crippen LogP contribution is -1.86. The van der Waals surface area contributed by atoms with Crippen LogP contribution in [0.2, 0.25) is 0 Å². The molecule has 0 saturated heterocycles. The van der Waals surface area contributed by atoms with Gasteiger partial charge in [-0.25, -0.2) is 6.57 Å². The van der Waals surface area contributed by atoms with Gasteiger partial charge in [-0.3, -0.25) is 0 Å². The Hall–Kier alpha value is -1.81. The van der Waals surface area contributed by atoms with Gasteiger partial charge in [-0.05, 0) is 16.8 Å². The summed E-state index contributed by atoms with van der Waals surface area (Å²) in [5.74, 6) is 0. The maximum atomic E-state index is 6.98. The zero-order valence-electron chi connectivity index (χ0n) is 8.07. The molecule has 0 aromatic heterocycles. The molecular formula is C13H11N. The van der Waals surface area contributed by atoms with Crippen LogP contribution in [0.3, 0.4) is 0 Å². The van der Waals surface area contributed by atoms with Crippen LogP contribution in [0.25, 0.3) is 15.6 Å². The van der Waals surface area contributed by atoms with Gasteiger partial charge in [0, 0.05) is 12.5 Å². The van der Waals surface area contributed by atoms with Crippen LogP contribution in [0.5, 0.6) is 0 Å². The van der Waals surface area contributed by atoms with E-state index in [0.29, 0.717) is 0 Å². The van der Waals surface area contributed by atoms with Crippen LogP contribution in [0.1, 0.15) is 18.5 Å². The van der Waals surface area contributed by atoms with E-state index in [-0.39, 0.29) is 6.04 Å². The van der Waals surface area contributed by atoms with Gasteiger partial charge in [-0.15, -0.1) is 0 Å². The molecule has 0 spiro atoms. The summed E-state index contributed by atoms with van der Waals surface area (Å²) in [4.78, 5) is 3.52. The quantitative estimate of drug-likeness (QED) is 0.589. The molecule has 68 valence electrons. The van der Waals surface area contributed by atoms with Crippen molar-refractivity contribution in [2.75, 3.05) is 0 Å². The van der Waals surface area contributed by atoms with E-state index in [2.05, 4.69) is 29.1 Å². The third-order valence-corrected chi connectivity index (χ3v) is 2.45. The lowest BCUT2D eigenvalue weighted by molar-refractivity contribution is 0.964. The van der Waals surface area contributed by atoms with E-state index in [9.17, 15) is 0 Å². The Balaban J connectivity index is 2.58. The van der Waals surface area contributed by atoms with E-state index in [1.54, 1.807) is 0 Å². The predicted octanol–water partition coefficient (Wildman–Crippen LogP) is 3.82. The Labute approximate surface area is 83.8 Å². The monoisotopic (exact) mass is 181 g/mol. The van der Waals surface area contributed by atoms with Crippen molar-refractivity contribution in [1.29, 1.82) is 0 Å². The third-order valence-electron chi connectivity index (χ3n) is 2.45. The lowest BCUT2D eigenvalue weighted by atomic mass is 10.0. The molecule has 14 heavy (non-hydrogen) atoms. The number of benzene rings is 2. The molecule has 1 nitrogen and oxygen atoms in total. The van der Waals surface area contributed by atoms with Crippen molar-refractivity contribution in [2.24, 2.45) is 0 Å². The first-order valence-electron chi connectivity index (χ1n) is 4.66. The van der Waals surface area contributed by atoms with E-state index >= 15 is 0 Å². The minimum Gasteiger partial charge on any atom is -0.309 e. The van der Waals surface area contributed by atoms with Crippen LogP contribution in [-0.2, 0) is 0 Å². The lowest BCUT2D eigenvalue weighted by Gasteiger charge is -2.01. The fraction of sp³-hybridized carbons (Fsp3) is 0.154. The molecule has 1 heteroatoms. The largest absolute Gasteiger partial charge is 0.309 e. The fourth-order valence-corrected chi connectivity index (χ4v) is 1.54. The first-order chi connectivity index (χ1) is 6.81. The highest BCUT2D eigenvalue weighted by Crippen LogP contribution is 2.22. The summed E-state index contributed by atoms with van der Waals surface area (Å²) < 4.78 is 0. The van der Waals surface area contributed by atoms with Crippen LogP contribution in [-0.4, -0.2) is 0 Å². The molecule has 2 rings (SSSR count). The van der Waals surface area contributed by atoms with E-state index in [1.807, 2.05) is 25.1 Å². The predicted molar refractivity (Wildman–Crippen MR) is 59.0 cm³/mol. The molecule has 0 N–H and O–H groups in total. The molecule has 0 amide bonds. The van der Waals surface area contributed by atoms with Gasteiger partial charge in [0.2, 0.25) is 6.04 Å². The molecule has 0 aliphatic carbocycles. The zero-order valence-corrected chi connectivity index (χ0v) is 8.07. The van der Waals surface area contributed by atoms with Gasteiger partial charge in [0.1, 0.15) is 0 Å². The van der Waals surface area contributed by atoms with Gasteiger partial charge in [0.25, 0.3) is 0 Å². The summed E-state index contributed by atoms with van der Waals surface area (Å²) in [7, 11) is 0. The van der Waals surface area contributed by atoms with E-state index in [1.165, 1.54) is 10.8 Å². The normalized spacial score (nSPS) is 12.3. The Morgan fingerprint density at radius 1 is 1.07 bits per heavy atom. The van der Waals surface area contributed by atoms with Gasteiger partial charge >= 0.3 is 0 Å². The van der Waals surface area contributed by atoms with Crippen LogP contribution < -0.4 is 0 Å². The van der Waals surface area contributed by atoms with Gasteiger partial charge in [-0.1, -0.05) is 36.4 Å². The minimum atomic E-state index is -0.0420. The van der Waals surface area contributed by atoms with Crippen LogP contribution in [0, 0.1) is 6.57 Å². The highest BCUT2D eigenvalue weighted by Gasteiger charge is 2.07. The van der Waals surface area contributed by atoms with Crippen molar-refractivity contribution < 1.29 is 0 Å². The first-order valence-corrected chi connectivity index (χ1v) is 4.66. The second kappa shape index (κ2) is 3.51. The smallest absolute Gasteiger partial charge is 0.246 e. The molecule has 0 heterocycles. The number of hydrogen-bond donors (Lipinski definition) is 0. The maximum absolute atomic E-state index is 6.98. The molecule has 0 bridgehead atoms. The number of rotatable bonds is 1. The average molecular weight is 181 g/mol. The van der Waals surface area contributed by atoms with Crippen LogP contribution in [0.15, 0.2) is 42.5 Å². The number of fused-ring (bicyclic) bond motifs is 1. The number of nitrogens with zero attached hydrogens (tertiary/aromatic N) is 1. The average Bonchev–Trinajstić information content (AvgIpc) is 2.27. The molecule has 2 aromatic carbocycles. The molecule has 2 aromatic rings. The highest BCUT2D eigenvalue weighted by atomic mass is 14.7. The van der Waals surface area contributed by atoms with Crippen molar-refractivity contribution in [3.05, 3.63) is 59.4 Å². The fourth-order valence-electron chi connectivity index (χ4n) is 1.54. The molecular weight excluding hydrogens is 170 g/mol. The van der Waals surface area contributed by atoms with Crippen molar-refractivity contribution in [3.63, 3.8) is 0 Å². The van der Waals surface area contributed by atoms with Crippen LogP contribution >= 0.6 is 0 Å². The topological polar surface area (TPSA) is 4.36 Å². The van der Waals surface area contributed by atoms with Gasteiger partial charge < -0.3 is 4.85 Å².